The lowest BCUT2D eigenvalue weighted by atomic mass is 10.2. The monoisotopic (exact) mass is 220 g/mol. The molecule has 16 heavy (non-hydrogen) atoms. The fourth-order valence-electron chi connectivity index (χ4n) is 1.00. The summed E-state index contributed by atoms with van der Waals surface area (Å²) < 4.78 is 0. The van der Waals surface area contributed by atoms with Crippen molar-refractivity contribution in [1.82, 2.24) is 10.8 Å². The first-order valence-corrected chi connectivity index (χ1v) is 4.66. The Bertz CT molecular complexity index is 387. The van der Waals surface area contributed by atoms with E-state index in [4.69, 9.17) is 5.21 Å². The molecular weight excluding hydrogens is 208 g/mol. The summed E-state index contributed by atoms with van der Waals surface area (Å²) in [5.41, 5.74) is 2.31. The van der Waals surface area contributed by atoms with Gasteiger partial charge in [0.2, 0.25) is 5.91 Å². The standard InChI is InChI=1S/C11H12N2O3/c14-10(12-8-11(15)13-16)7-6-9-4-2-1-3-5-9/h1-7,16H,8H2,(H,12,14)(H,13,15)/b7-6+. The van der Waals surface area contributed by atoms with Crippen molar-refractivity contribution in [3.05, 3.63) is 42.0 Å². The number of carbonyl (C=O) groups is 2. The van der Waals surface area contributed by atoms with Crippen LogP contribution in [-0.2, 0) is 9.59 Å². The van der Waals surface area contributed by atoms with Gasteiger partial charge in [0.15, 0.2) is 0 Å². The zero-order valence-corrected chi connectivity index (χ0v) is 8.51. The summed E-state index contributed by atoms with van der Waals surface area (Å²) in [7, 11) is 0. The molecule has 3 N–H and O–H groups in total. The van der Waals surface area contributed by atoms with Gasteiger partial charge in [-0.05, 0) is 11.6 Å². The highest BCUT2D eigenvalue weighted by Crippen LogP contribution is 2.00. The van der Waals surface area contributed by atoms with Gasteiger partial charge in [0.25, 0.3) is 5.91 Å². The van der Waals surface area contributed by atoms with E-state index in [9.17, 15) is 9.59 Å². The molecule has 1 aromatic rings. The lowest BCUT2D eigenvalue weighted by Gasteiger charge is -1.99. The number of nitrogens with one attached hydrogen (secondary N) is 2. The maximum Gasteiger partial charge on any atom is 0.262 e. The second-order valence-corrected chi connectivity index (χ2v) is 3.00. The van der Waals surface area contributed by atoms with Crippen molar-refractivity contribution in [3.63, 3.8) is 0 Å². The number of rotatable bonds is 4. The number of hydrogen-bond acceptors (Lipinski definition) is 3. The Kier molecular flexibility index (Phi) is 4.75. The number of hydrogen-bond donors (Lipinski definition) is 3. The number of benzene rings is 1. The minimum atomic E-state index is -0.665. The summed E-state index contributed by atoms with van der Waals surface area (Å²) in [5, 5.41) is 10.5. The van der Waals surface area contributed by atoms with Crippen LogP contribution >= 0.6 is 0 Å². The molecule has 1 aromatic carbocycles. The molecule has 0 aliphatic heterocycles. The summed E-state index contributed by atoms with van der Waals surface area (Å²) in [4.78, 5) is 21.8. The van der Waals surface area contributed by atoms with Crippen molar-refractivity contribution >= 4 is 17.9 Å². The molecule has 0 heterocycles. The summed E-state index contributed by atoms with van der Waals surface area (Å²) in [6.45, 7) is -0.255. The van der Waals surface area contributed by atoms with E-state index < -0.39 is 11.8 Å². The highest BCUT2D eigenvalue weighted by atomic mass is 16.5. The van der Waals surface area contributed by atoms with E-state index in [0.29, 0.717) is 0 Å². The SMILES string of the molecule is O=C(/C=C/c1ccccc1)NCC(=O)NO. The number of carbonyl (C=O) groups excluding carboxylic acids is 2. The predicted molar refractivity (Wildman–Crippen MR) is 58.4 cm³/mol. The van der Waals surface area contributed by atoms with Crippen LogP contribution in [0.15, 0.2) is 36.4 Å². The Balaban J connectivity index is 2.40. The second-order valence-electron chi connectivity index (χ2n) is 3.00. The lowest BCUT2D eigenvalue weighted by Crippen LogP contribution is -2.34. The molecule has 0 aliphatic rings. The van der Waals surface area contributed by atoms with Gasteiger partial charge in [-0.2, -0.15) is 0 Å². The van der Waals surface area contributed by atoms with Crippen LogP contribution in [-0.4, -0.2) is 23.6 Å². The van der Waals surface area contributed by atoms with Crippen LogP contribution in [0, 0.1) is 0 Å². The Morgan fingerprint density at radius 3 is 2.56 bits per heavy atom. The van der Waals surface area contributed by atoms with Crippen LogP contribution in [0.4, 0.5) is 0 Å². The highest BCUT2D eigenvalue weighted by molar-refractivity contribution is 5.94. The predicted octanol–water partition coefficient (Wildman–Crippen LogP) is 0.321. The van der Waals surface area contributed by atoms with E-state index in [1.807, 2.05) is 30.3 Å². The smallest absolute Gasteiger partial charge is 0.262 e. The van der Waals surface area contributed by atoms with E-state index >= 15 is 0 Å². The molecule has 5 nitrogen and oxygen atoms in total. The van der Waals surface area contributed by atoms with Gasteiger partial charge in [-0.1, -0.05) is 30.3 Å². The first kappa shape index (κ1) is 11.9. The van der Waals surface area contributed by atoms with Crippen LogP contribution in [0.3, 0.4) is 0 Å². The maximum atomic E-state index is 11.2. The summed E-state index contributed by atoms with van der Waals surface area (Å²) in [6, 6.07) is 9.30. The van der Waals surface area contributed by atoms with Gasteiger partial charge in [-0.3, -0.25) is 14.8 Å². The van der Waals surface area contributed by atoms with Gasteiger partial charge in [0.1, 0.15) is 0 Å². The van der Waals surface area contributed by atoms with Crippen molar-refractivity contribution in [2.75, 3.05) is 6.54 Å². The van der Waals surface area contributed by atoms with E-state index in [-0.39, 0.29) is 6.54 Å². The Morgan fingerprint density at radius 2 is 1.94 bits per heavy atom. The van der Waals surface area contributed by atoms with E-state index in [1.54, 1.807) is 6.08 Å². The van der Waals surface area contributed by atoms with Gasteiger partial charge < -0.3 is 5.32 Å². The molecular formula is C11H12N2O3. The zero-order valence-electron chi connectivity index (χ0n) is 8.51. The van der Waals surface area contributed by atoms with Crippen LogP contribution in [0.2, 0.25) is 0 Å². The molecule has 0 atom stereocenters. The average molecular weight is 220 g/mol. The zero-order chi connectivity index (χ0) is 11.8. The van der Waals surface area contributed by atoms with Crippen LogP contribution in [0.5, 0.6) is 0 Å². The van der Waals surface area contributed by atoms with Gasteiger partial charge in [0.05, 0.1) is 6.54 Å². The highest BCUT2D eigenvalue weighted by Gasteiger charge is 2.00. The van der Waals surface area contributed by atoms with Crippen LogP contribution in [0.25, 0.3) is 6.08 Å². The minimum Gasteiger partial charge on any atom is -0.343 e. The molecule has 84 valence electrons. The number of amides is 2. The average Bonchev–Trinajstić information content (AvgIpc) is 2.34. The summed E-state index contributed by atoms with van der Waals surface area (Å²) >= 11 is 0. The van der Waals surface area contributed by atoms with Crippen LogP contribution < -0.4 is 10.8 Å². The Hall–Kier alpha value is -2.14. The maximum absolute atomic E-state index is 11.2. The summed E-state index contributed by atoms with van der Waals surface area (Å²) in [6.07, 6.45) is 2.95. The van der Waals surface area contributed by atoms with E-state index in [0.717, 1.165) is 5.56 Å². The lowest BCUT2D eigenvalue weighted by molar-refractivity contribution is -0.130. The third-order valence-electron chi connectivity index (χ3n) is 1.77. The molecule has 0 radical (unpaired) electrons. The van der Waals surface area contributed by atoms with Gasteiger partial charge in [-0.25, -0.2) is 5.48 Å². The molecule has 0 saturated heterocycles. The normalized spacial score (nSPS) is 10.1. The fraction of sp³-hybridized carbons (Fsp3) is 0.0909. The molecule has 0 fully saturated rings. The first-order chi connectivity index (χ1) is 7.72. The topological polar surface area (TPSA) is 78.4 Å². The van der Waals surface area contributed by atoms with Crippen molar-refractivity contribution in [2.24, 2.45) is 0 Å². The molecule has 5 heteroatoms. The Morgan fingerprint density at radius 1 is 1.25 bits per heavy atom. The van der Waals surface area contributed by atoms with Gasteiger partial charge >= 0.3 is 0 Å². The molecule has 2 amide bonds. The third kappa shape index (κ3) is 4.39. The quantitative estimate of drug-likeness (QED) is 0.388. The van der Waals surface area contributed by atoms with Crippen LogP contribution in [0.1, 0.15) is 5.56 Å². The molecule has 0 unspecified atom stereocenters. The molecule has 1 rings (SSSR count). The fourth-order valence-corrected chi connectivity index (χ4v) is 1.00. The summed E-state index contributed by atoms with van der Waals surface area (Å²) in [5.74, 6) is -1.06. The number of hydroxylamine groups is 1. The van der Waals surface area contributed by atoms with E-state index in [2.05, 4.69) is 5.32 Å². The molecule has 0 bridgehead atoms. The largest absolute Gasteiger partial charge is 0.343 e. The molecule has 0 aliphatic carbocycles. The van der Waals surface area contributed by atoms with Gasteiger partial charge in [-0.15, -0.1) is 0 Å². The van der Waals surface area contributed by atoms with Crippen molar-refractivity contribution in [3.8, 4) is 0 Å². The van der Waals surface area contributed by atoms with Crippen molar-refractivity contribution < 1.29 is 14.8 Å². The Labute approximate surface area is 92.7 Å². The van der Waals surface area contributed by atoms with Gasteiger partial charge in [0, 0.05) is 6.08 Å². The minimum absolute atomic E-state index is 0.255. The van der Waals surface area contributed by atoms with E-state index in [1.165, 1.54) is 11.6 Å². The van der Waals surface area contributed by atoms with Crippen molar-refractivity contribution in [2.45, 2.75) is 0 Å². The first-order valence-electron chi connectivity index (χ1n) is 4.66. The second kappa shape index (κ2) is 6.36. The molecule has 0 aromatic heterocycles. The third-order valence-corrected chi connectivity index (χ3v) is 1.77. The molecule has 0 saturated carbocycles. The molecule has 0 spiro atoms. The van der Waals surface area contributed by atoms with Crippen molar-refractivity contribution in [1.29, 1.82) is 0 Å².